The Morgan fingerprint density at radius 3 is 2.08 bits per heavy atom. The summed E-state index contributed by atoms with van der Waals surface area (Å²) in [4.78, 5) is 36.7. The molecule has 0 saturated carbocycles. The average molecular weight is 344 g/mol. The fourth-order valence-corrected chi connectivity index (χ4v) is 3.87. The Kier molecular flexibility index (Phi) is 3.43. The van der Waals surface area contributed by atoms with E-state index in [1.165, 1.54) is 26.4 Å². The highest BCUT2D eigenvalue weighted by atomic mass is 16.6. The number of carbonyl (C=O) groups excluding carboxylic acids is 3. The minimum atomic E-state index is -0.693. The molecule has 3 atom stereocenters. The highest BCUT2D eigenvalue weighted by molar-refractivity contribution is 6.24. The van der Waals surface area contributed by atoms with Gasteiger partial charge >= 0.3 is 5.97 Å². The van der Waals surface area contributed by atoms with Gasteiger partial charge in [-0.2, -0.15) is 0 Å². The van der Waals surface area contributed by atoms with Gasteiger partial charge in [-0.1, -0.05) is 0 Å². The Bertz CT molecular complexity index is 852. The summed E-state index contributed by atoms with van der Waals surface area (Å²) in [6, 6.07) is 0. The van der Waals surface area contributed by atoms with Crippen molar-refractivity contribution in [1.82, 2.24) is 0 Å². The first-order valence-corrected chi connectivity index (χ1v) is 7.91. The van der Waals surface area contributed by atoms with Gasteiger partial charge in [-0.05, 0) is 19.1 Å². The molecule has 25 heavy (non-hydrogen) atoms. The summed E-state index contributed by atoms with van der Waals surface area (Å²) in [6.45, 7) is 1.80. The van der Waals surface area contributed by atoms with E-state index in [1.807, 2.05) is 0 Å². The molecule has 0 spiro atoms. The molecule has 0 N–H and O–H groups in total. The maximum Gasteiger partial charge on any atom is 0.309 e. The molecule has 130 valence electrons. The average Bonchev–Trinajstić information content (AvgIpc) is 2.96. The van der Waals surface area contributed by atoms with Gasteiger partial charge in [0.25, 0.3) is 0 Å². The van der Waals surface area contributed by atoms with Gasteiger partial charge < -0.3 is 18.9 Å². The Morgan fingerprint density at radius 2 is 1.52 bits per heavy atom. The third kappa shape index (κ3) is 2.05. The molecule has 1 fully saturated rings. The van der Waals surface area contributed by atoms with E-state index in [9.17, 15) is 14.4 Å². The third-order valence-electron chi connectivity index (χ3n) is 4.80. The van der Waals surface area contributed by atoms with Crippen LogP contribution >= 0.6 is 0 Å². The van der Waals surface area contributed by atoms with Crippen LogP contribution in [0.3, 0.4) is 0 Å². The van der Waals surface area contributed by atoms with Crippen molar-refractivity contribution in [1.29, 1.82) is 0 Å². The van der Waals surface area contributed by atoms with Crippen LogP contribution in [0.5, 0.6) is 11.5 Å². The predicted molar refractivity (Wildman–Crippen MR) is 84.1 cm³/mol. The lowest BCUT2D eigenvalue weighted by Gasteiger charge is -2.35. The highest BCUT2D eigenvalue weighted by Crippen LogP contribution is 2.53. The molecule has 2 heterocycles. The number of fused-ring (bicyclic) bond motifs is 4. The summed E-state index contributed by atoms with van der Waals surface area (Å²) in [5.74, 6) is -0.565. The summed E-state index contributed by atoms with van der Waals surface area (Å²) in [5.41, 5.74) is 1.42. The van der Waals surface area contributed by atoms with Crippen LogP contribution in [0.1, 0.15) is 57.4 Å². The van der Waals surface area contributed by atoms with Crippen molar-refractivity contribution in [3.05, 3.63) is 34.4 Å². The summed E-state index contributed by atoms with van der Waals surface area (Å²) < 4.78 is 22.3. The number of hydrogen-bond donors (Lipinski definition) is 0. The highest BCUT2D eigenvalue weighted by Gasteiger charge is 2.48. The second-order valence-electron chi connectivity index (χ2n) is 6.14. The number of benzene rings is 1. The lowest BCUT2D eigenvalue weighted by atomic mass is 9.82. The molecule has 7 heteroatoms. The first-order chi connectivity index (χ1) is 12.0. The minimum Gasteiger partial charge on any atom is -0.496 e. The first kappa shape index (κ1) is 15.8. The van der Waals surface area contributed by atoms with Crippen LogP contribution in [0.25, 0.3) is 0 Å². The zero-order valence-corrected chi connectivity index (χ0v) is 14.0. The van der Waals surface area contributed by atoms with Gasteiger partial charge in [-0.15, -0.1) is 0 Å². The number of hydrogen-bond acceptors (Lipinski definition) is 7. The molecule has 7 nitrogen and oxygen atoms in total. The number of methoxy groups -OCH3 is 2. The number of ether oxygens (including phenoxy) is 4. The van der Waals surface area contributed by atoms with Crippen molar-refractivity contribution < 1.29 is 33.3 Å². The number of carbonyl (C=O) groups is 3. The van der Waals surface area contributed by atoms with Crippen LogP contribution in [0.2, 0.25) is 0 Å². The van der Waals surface area contributed by atoms with Crippen molar-refractivity contribution in [2.75, 3.05) is 14.2 Å². The third-order valence-corrected chi connectivity index (χ3v) is 4.80. The number of rotatable bonds is 2. The van der Waals surface area contributed by atoms with Crippen LogP contribution in [0.15, 0.2) is 12.2 Å². The topological polar surface area (TPSA) is 88.1 Å². The molecule has 4 rings (SSSR count). The molecular formula is C18H16O7. The van der Waals surface area contributed by atoms with Crippen LogP contribution in [-0.2, 0) is 14.3 Å². The van der Waals surface area contributed by atoms with Gasteiger partial charge in [0, 0.05) is 11.1 Å². The molecule has 0 unspecified atom stereocenters. The molecule has 1 saturated heterocycles. The van der Waals surface area contributed by atoms with Gasteiger partial charge in [-0.3, -0.25) is 14.4 Å². The minimum absolute atomic E-state index is 0.129. The molecule has 0 aromatic heterocycles. The standard InChI is InChI=1S/C18H16O7/c1-7-12-15(16-10(24-7)6-11(21)25-16)18(23-3)14-9(20)5-4-8(19)13(14)17(12)22-2/h4-5,7,10,16H,6H2,1-3H3/t7-,10+,16-/m0/s1. The summed E-state index contributed by atoms with van der Waals surface area (Å²) in [7, 11) is 2.85. The molecule has 3 aliphatic rings. The van der Waals surface area contributed by atoms with E-state index < -0.39 is 18.3 Å². The van der Waals surface area contributed by atoms with E-state index in [0.717, 1.165) is 0 Å². The molecular weight excluding hydrogens is 328 g/mol. The van der Waals surface area contributed by atoms with Crippen molar-refractivity contribution in [2.24, 2.45) is 0 Å². The summed E-state index contributed by atoms with van der Waals surface area (Å²) in [6.07, 6.45) is 0.946. The number of allylic oxidation sites excluding steroid dienone is 2. The van der Waals surface area contributed by atoms with E-state index in [2.05, 4.69) is 0 Å². The van der Waals surface area contributed by atoms with Crippen LogP contribution in [-0.4, -0.2) is 37.9 Å². The van der Waals surface area contributed by atoms with Crippen molar-refractivity contribution >= 4 is 17.5 Å². The molecule has 2 aliphatic heterocycles. The van der Waals surface area contributed by atoms with E-state index in [-0.39, 0.29) is 46.6 Å². The molecule has 0 radical (unpaired) electrons. The Morgan fingerprint density at radius 1 is 0.960 bits per heavy atom. The Labute approximate surface area is 143 Å². The van der Waals surface area contributed by atoms with E-state index in [1.54, 1.807) is 6.92 Å². The zero-order valence-electron chi connectivity index (χ0n) is 14.0. The second-order valence-corrected chi connectivity index (χ2v) is 6.14. The summed E-state index contributed by atoms with van der Waals surface area (Å²) >= 11 is 0. The molecule has 1 aliphatic carbocycles. The van der Waals surface area contributed by atoms with Crippen LogP contribution in [0.4, 0.5) is 0 Å². The molecule has 0 amide bonds. The number of esters is 1. The maximum atomic E-state index is 12.5. The fraction of sp³-hybridized carbons (Fsp3) is 0.389. The Balaban J connectivity index is 2.10. The lowest BCUT2D eigenvalue weighted by molar-refractivity contribution is -0.143. The molecule has 1 aromatic rings. The van der Waals surface area contributed by atoms with Crippen molar-refractivity contribution in [2.45, 2.75) is 31.7 Å². The van der Waals surface area contributed by atoms with Gasteiger partial charge in [0.2, 0.25) is 0 Å². The largest absolute Gasteiger partial charge is 0.496 e. The molecule has 1 aromatic carbocycles. The Hall–Kier alpha value is -2.67. The number of ketones is 2. The maximum absolute atomic E-state index is 12.5. The van der Waals surface area contributed by atoms with E-state index in [0.29, 0.717) is 11.1 Å². The van der Waals surface area contributed by atoms with Gasteiger partial charge in [0.05, 0.1) is 37.9 Å². The first-order valence-electron chi connectivity index (χ1n) is 7.91. The molecule has 0 bridgehead atoms. The van der Waals surface area contributed by atoms with Crippen LogP contribution < -0.4 is 9.47 Å². The lowest BCUT2D eigenvalue weighted by Crippen LogP contribution is -2.30. The fourth-order valence-electron chi connectivity index (χ4n) is 3.87. The SMILES string of the molecule is COc1c2c(c(OC)c3c1[C@H](C)O[C@@H]1CC(=O)O[C@H]31)C(=O)C=CC2=O. The van der Waals surface area contributed by atoms with Crippen molar-refractivity contribution in [3.8, 4) is 11.5 Å². The van der Waals surface area contributed by atoms with Gasteiger partial charge in [0.1, 0.15) is 17.6 Å². The second kappa shape index (κ2) is 5.42. The van der Waals surface area contributed by atoms with Gasteiger partial charge in [-0.25, -0.2) is 0 Å². The van der Waals surface area contributed by atoms with E-state index in [4.69, 9.17) is 18.9 Å². The zero-order chi connectivity index (χ0) is 17.9. The van der Waals surface area contributed by atoms with Gasteiger partial charge in [0.15, 0.2) is 17.7 Å². The van der Waals surface area contributed by atoms with E-state index >= 15 is 0 Å². The summed E-state index contributed by atoms with van der Waals surface area (Å²) in [5, 5.41) is 0. The predicted octanol–water partition coefficient (Wildman–Crippen LogP) is 2.09. The quantitative estimate of drug-likeness (QED) is 0.759. The van der Waals surface area contributed by atoms with Crippen molar-refractivity contribution in [3.63, 3.8) is 0 Å². The smallest absolute Gasteiger partial charge is 0.309 e. The normalized spacial score (nSPS) is 26.7. The van der Waals surface area contributed by atoms with Crippen LogP contribution in [0, 0.1) is 0 Å². The monoisotopic (exact) mass is 344 g/mol.